The molecule has 108 valence electrons. The first kappa shape index (κ1) is 14.7. The number of carbonyl (C=O) groups is 1. The van der Waals surface area contributed by atoms with Crippen LogP contribution < -0.4 is 5.32 Å². The van der Waals surface area contributed by atoms with Crippen molar-refractivity contribution >= 4 is 38.7 Å². The van der Waals surface area contributed by atoms with Crippen molar-refractivity contribution in [2.24, 2.45) is 5.92 Å². The van der Waals surface area contributed by atoms with Gasteiger partial charge in [0.05, 0.1) is 22.3 Å². The van der Waals surface area contributed by atoms with Crippen molar-refractivity contribution in [3.8, 4) is 0 Å². The Kier molecular flexibility index (Phi) is 3.96. The van der Waals surface area contributed by atoms with Gasteiger partial charge in [0.1, 0.15) is 5.02 Å². The van der Waals surface area contributed by atoms with E-state index in [0.29, 0.717) is 0 Å². The Labute approximate surface area is 120 Å². The van der Waals surface area contributed by atoms with E-state index < -0.39 is 26.6 Å². The molecule has 0 radical (unpaired) electrons. The van der Waals surface area contributed by atoms with E-state index in [-0.39, 0.29) is 34.3 Å². The summed E-state index contributed by atoms with van der Waals surface area (Å²) in [7, 11) is -3.15. The Balaban J connectivity index is 2.13. The second kappa shape index (κ2) is 5.37. The minimum atomic E-state index is -3.15. The van der Waals surface area contributed by atoms with Gasteiger partial charge in [-0.15, -0.1) is 0 Å². The van der Waals surface area contributed by atoms with Crippen LogP contribution in [0.3, 0.4) is 0 Å². The number of nitrogens with one attached hydrogen (secondary N) is 1. The van der Waals surface area contributed by atoms with Crippen molar-refractivity contribution in [3.05, 3.63) is 33.3 Å². The number of nitro benzene ring substituents is 1. The van der Waals surface area contributed by atoms with Crippen LogP contribution in [0.2, 0.25) is 5.02 Å². The van der Waals surface area contributed by atoms with Crippen LogP contribution >= 0.6 is 11.6 Å². The van der Waals surface area contributed by atoms with Crippen molar-refractivity contribution in [2.45, 2.75) is 6.42 Å². The highest BCUT2D eigenvalue weighted by Gasteiger charge is 2.33. The third-order valence-corrected chi connectivity index (χ3v) is 5.10. The highest BCUT2D eigenvalue weighted by atomic mass is 35.5. The predicted octanol–water partition coefficient (Wildman–Crippen LogP) is 1.62. The van der Waals surface area contributed by atoms with E-state index in [2.05, 4.69) is 5.32 Å². The van der Waals surface area contributed by atoms with Gasteiger partial charge in [0.25, 0.3) is 5.69 Å². The average molecular weight is 319 g/mol. The van der Waals surface area contributed by atoms with E-state index in [1.165, 1.54) is 12.1 Å². The molecule has 1 heterocycles. The van der Waals surface area contributed by atoms with Gasteiger partial charge in [-0.2, -0.15) is 0 Å². The largest absolute Gasteiger partial charge is 0.326 e. The predicted molar refractivity (Wildman–Crippen MR) is 73.5 cm³/mol. The highest BCUT2D eigenvalue weighted by Crippen LogP contribution is 2.28. The zero-order chi connectivity index (χ0) is 14.9. The van der Waals surface area contributed by atoms with Crippen molar-refractivity contribution in [1.82, 2.24) is 0 Å². The van der Waals surface area contributed by atoms with Crippen LogP contribution in [0.15, 0.2) is 18.2 Å². The molecule has 7 nitrogen and oxygen atoms in total. The Morgan fingerprint density at radius 2 is 2.15 bits per heavy atom. The number of sulfone groups is 1. The molecule has 1 fully saturated rings. The van der Waals surface area contributed by atoms with E-state index in [1.54, 1.807) is 0 Å². The smallest absolute Gasteiger partial charge is 0.289 e. The molecule has 1 aliphatic rings. The summed E-state index contributed by atoms with van der Waals surface area (Å²) in [5.74, 6) is -1.27. The van der Waals surface area contributed by atoms with Crippen LogP contribution in [-0.2, 0) is 14.6 Å². The van der Waals surface area contributed by atoms with E-state index in [0.717, 1.165) is 6.07 Å². The number of halogens is 1. The molecule has 1 amide bonds. The van der Waals surface area contributed by atoms with Crippen LogP contribution in [0.1, 0.15) is 6.42 Å². The van der Waals surface area contributed by atoms with E-state index in [9.17, 15) is 23.3 Å². The molecular weight excluding hydrogens is 308 g/mol. The third kappa shape index (κ3) is 3.26. The lowest BCUT2D eigenvalue weighted by Crippen LogP contribution is -2.23. The molecule has 0 aliphatic carbocycles. The number of rotatable bonds is 3. The molecule has 1 saturated heterocycles. The molecule has 1 atom stereocenters. The maximum absolute atomic E-state index is 11.9. The van der Waals surface area contributed by atoms with Gasteiger partial charge in [0, 0.05) is 11.8 Å². The first-order valence-corrected chi connectivity index (χ1v) is 7.94. The van der Waals surface area contributed by atoms with Crippen molar-refractivity contribution < 1.29 is 18.1 Å². The quantitative estimate of drug-likeness (QED) is 0.673. The molecule has 0 saturated carbocycles. The number of carbonyl (C=O) groups excluding carboxylic acids is 1. The monoisotopic (exact) mass is 318 g/mol. The van der Waals surface area contributed by atoms with Gasteiger partial charge in [0.15, 0.2) is 9.84 Å². The zero-order valence-electron chi connectivity index (χ0n) is 10.2. The first-order chi connectivity index (χ1) is 9.28. The molecular formula is C11H11ClN2O5S. The number of benzene rings is 1. The summed E-state index contributed by atoms with van der Waals surface area (Å²) in [5.41, 5.74) is -0.0982. The highest BCUT2D eigenvalue weighted by molar-refractivity contribution is 7.91. The maximum Gasteiger partial charge on any atom is 0.289 e. The number of amides is 1. The van der Waals surface area contributed by atoms with E-state index >= 15 is 0 Å². The van der Waals surface area contributed by atoms with Gasteiger partial charge in [-0.1, -0.05) is 11.6 Å². The third-order valence-electron chi connectivity index (χ3n) is 3.01. The number of nitro groups is 1. The van der Waals surface area contributed by atoms with Gasteiger partial charge >= 0.3 is 0 Å². The number of nitrogens with zero attached hydrogens (tertiary/aromatic N) is 1. The minimum absolute atomic E-state index is 0.00808. The summed E-state index contributed by atoms with van der Waals surface area (Å²) in [5, 5.41) is 13.2. The summed E-state index contributed by atoms with van der Waals surface area (Å²) < 4.78 is 22.6. The van der Waals surface area contributed by atoms with Crippen LogP contribution in [0.25, 0.3) is 0 Å². The van der Waals surface area contributed by atoms with Crippen LogP contribution in [0, 0.1) is 16.0 Å². The average Bonchev–Trinajstić information content (AvgIpc) is 2.72. The van der Waals surface area contributed by atoms with Gasteiger partial charge < -0.3 is 5.32 Å². The SMILES string of the molecule is O=C(Nc1ccc(Cl)c([N+](=O)[O-])c1)C1CCS(=O)(=O)C1. The zero-order valence-corrected chi connectivity index (χ0v) is 11.8. The number of hydrogen-bond donors (Lipinski definition) is 1. The molecule has 1 aliphatic heterocycles. The van der Waals surface area contributed by atoms with Gasteiger partial charge in [-0.3, -0.25) is 14.9 Å². The number of hydrogen-bond acceptors (Lipinski definition) is 5. The van der Waals surface area contributed by atoms with Crippen molar-refractivity contribution in [3.63, 3.8) is 0 Å². The van der Waals surface area contributed by atoms with Crippen LogP contribution in [0.5, 0.6) is 0 Å². The number of anilines is 1. The summed E-state index contributed by atoms with van der Waals surface area (Å²) >= 11 is 5.66. The Bertz CT molecular complexity index is 673. The molecule has 1 aromatic rings. The summed E-state index contributed by atoms with van der Waals surface area (Å²) in [6, 6.07) is 3.88. The fourth-order valence-electron chi connectivity index (χ4n) is 1.98. The lowest BCUT2D eigenvalue weighted by atomic mass is 10.1. The molecule has 1 aromatic carbocycles. The Hall–Kier alpha value is -1.67. The van der Waals surface area contributed by atoms with E-state index in [4.69, 9.17) is 11.6 Å². The van der Waals surface area contributed by atoms with Crippen molar-refractivity contribution in [1.29, 1.82) is 0 Å². The molecule has 0 bridgehead atoms. The molecule has 0 spiro atoms. The normalized spacial score (nSPS) is 20.6. The molecule has 20 heavy (non-hydrogen) atoms. The van der Waals surface area contributed by atoms with Crippen LogP contribution in [-0.4, -0.2) is 30.8 Å². The maximum atomic E-state index is 11.9. The van der Waals surface area contributed by atoms with Gasteiger partial charge in [-0.05, 0) is 18.6 Å². The molecule has 9 heteroatoms. The Morgan fingerprint density at radius 1 is 1.45 bits per heavy atom. The molecule has 2 rings (SSSR count). The standard InChI is InChI=1S/C11H11ClN2O5S/c12-9-2-1-8(5-10(9)14(16)17)13-11(15)7-3-4-20(18,19)6-7/h1-2,5,7H,3-4,6H2,(H,13,15). The second-order valence-electron chi connectivity index (χ2n) is 4.51. The molecule has 1 N–H and O–H groups in total. The lowest BCUT2D eigenvalue weighted by Gasteiger charge is -2.09. The van der Waals surface area contributed by atoms with E-state index in [1.807, 2.05) is 0 Å². The summed E-state index contributed by atoms with van der Waals surface area (Å²) in [6.45, 7) is 0. The van der Waals surface area contributed by atoms with Crippen molar-refractivity contribution in [2.75, 3.05) is 16.8 Å². The fraction of sp³-hybridized carbons (Fsp3) is 0.364. The van der Waals surface area contributed by atoms with Crippen LogP contribution in [0.4, 0.5) is 11.4 Å². The van der Waals surface area contributed by atoms with Gasteiger partial charge in [-0.25, -0.2) is 8.42 Å². The van der Waals surface area contributed by atoms with Gasteiger partial charge in [0.2, 0.25) is 5.91 Å². The first-order valence-electron chi connectivity index (χ1n) is 5.74. The second-order valence-corrected chi connectivity index (χ2v) is 7.15. The Morgan fingerprint density at radius 3 is 2.70 bits per heavy atom. The summed E-state index contributed by atoms with van der Waals surface area (Å²) in [4.78, 5) is 22.0. The summed E-state index contributed by atoms with van der Waals surface area (Å²) in [6.07, 6.45) is 0.268. The lowest BCUT2D eigenvalue weighted by molar-refractivity contribution is -0.384. The molecule has 0 aromatic heterocycles. The fourth-order valence-corrected chi connectivity index (χ4v) is 3.90. The minimum Gasteiger partial charge on any atom is -0.326 e. The molecule has 1 unspecified atom stereocenters. The topological polar surface area (TPSA) is 106 Å².